The largest absolute Gasteiger partial charge is 0.462 e. The molecule has 0 saturated heterocycles. The van der Waals surface area contributed by atoms with Crippen LogP contribution in [0.4, 0.5) is 5.69 Å². The Morgan fingerprint density at radius 3 is 2.51 bits per heavy atom. The summed E-state index contributed by atoms with van der Waals surface area (Å²) < 4.78 is 6.68. The zero-order valence-corrected chi connectivity index (χ0v) is 19.9. The van der Waals surface area contributed by atoms with E-state index in [9.17, 15) is 14.4 Å². The predicted octanol–water partition coefficient (Wildman–Crippen LogP) is 5.31. The highest BCUT2D eigenvalue weighted by Crippen LogP contribution is 2.17. The molecule has 0 atom stereocenters. The zero-order valence-electron chi connectivity index (χ0n) is 19.2. The molecule has 178 valence electrons. The molecule has 0 bridgehead atoms. The molecule has 8 heteroatoms. The molecule has 0 radical (unpaired) electrons. The fourth-order valence-corrected chi connectivity index (χ4v) is 3.69. The van der Waals surface area contributed by atoms with E-state index in [1.807, 2.05) is 19.1 Å². The van der Waals surface area contributed by atoms with Crippen LogP contribution in [0.25, 0.3) is 11.0 Å². The maximum absolute atomic E-state index is 13.3. The van der Waals surface area contributed by atoms with Crippen molar-refractivity contribution in [3.8, 4) is 0 Å². The summed E-state index contributed by atoms with van der Waals surface area (Å²) in [5.74, 6) is -0.965. The molecule has 35 heavy (non-hydrogen) atoms. The molecule has 2 aromatic carbocycles. The number of carbonyl (C=O) groups is 2. The average Bonchev–Trinajstić information content (AvgIpc) is 2.87. The summed E-state index contributed by atoms with van der Waals surface area (Å²) in [6, 6.07) is 18.6. The summed E-state index contributed by atoms with van der Waals surface area (Å²) in [5, 5.41) is 4.00. The lowest BCUT2D eigenvalue weighted by molar-refractivity contribution is 0.0499. The monoisotopic (exact) mass is 489 g/mol. The fraction of sp³-hybridized carbons (Fsp3) is 0.185. The van der Waals surface area contributed by atoms with Crippen molar-refractivity contribution >= 4 is 40.2 Å². The molecule has 7 nitrogen and oxygen atoms in total. The summed E-state index contributed by atoms with van der Waals surface area (Å²) in [7, 11) is 0. The second-order valence-corrected chi connectivity index (χ2v) is 8.45. The fourth-order valence-electron chi connectivity index (χ4n) is 3.57. The van der Waals surface area contributed by atoms with Gasteiger partial charge in [-0.15, -0.1) is 0 Å². The summed E-state index contributed by atoms with van der Waals surface area (Å²) in [4.78, 5) is 42.8. The predicted molar refractivity (Wildman–Crippen MR) is 136 cm³/mol. The van der Waals surface area contributed by atoms with E-state index in [0.29, 0.717) is 33.9 Å². The summed E-state index contributed by atoms with van der Waals surface area (Å²) in [6.45, 7) is 2.62. The molecular weight excluding hydrogens is 466 g/mol. The third kappa shape index (κ3) is 5.75. The SMILES string of the molecule is CCCCOC(=O)c1ccc(NC(=O)c2cc3cccnc3n(Cc3ccc(Cl)cc3)c2=O)cc1. The highest BCUT2D eigenvalue weighted by Gasteiger charge is 2.17. The van der Waals surface area contributed by atoms with Crippen molar-refractivity contribution in [3.63, 3.8) is 0 Å². The lowest BCUT2D eigenvalue weighted by Crippen LogP contribution is -2.30. The number of hydrogen-bond acceptors (Lipinski definition) is 5. The number of nitrogens with one attached hydrogen (secondary N) is 1. The number of anilines is 1. The van der Waals surface area contributed by atoms with Crippen LogP contribution in [-0.4, -0.2) is 28.0 Å². The molecule has 0 unspecified atom stereocenters. The molecule has 0 aliphatic heterocycles. The molecule has 4 rings (SSSR count). The minimum absolute atomic E-state index is 0.0116. The van der Waals surface area contributed by atoms with E-state index in [4.69, 9.17) is 16.3 Å². The Morgan fingerprint density at radius 1 is 1.06 bits per heavy atom. The molecule has 1 amide bonds. The Balaban J connectivity index is 1.59. The number of amides is 1. The molecule has 1 N–H and O–H groups in total. The van der Waals surface area contributed by atoms with Gasteiger partial charge in [-0.3, -0.25) is 14.2 Å². The van der Waals surface area contributed by atoms with Crippen LogP contribution in [0.3, 0.4) is 0 Å². The van der Waals surface area contributed by atoms with Gasteiger partial charge in [-0.05, 0) is 66.6 Å². The van der Waals surface area contributed by atoms with Crippen LogP contribution in [-0.2, 0) is 11.3 Å². The third-order valence-electron chi connectivity index (χ3n) is 5.46. The molecule has 0 aliphatic rings. The van der Waals surface area contributed by atoms with Crippen molar-refractivity contribution < 1.29 is 14.3 Å². The van der Waals surface area contributed by atoms with Gasteiger partial charge in [-0.1, -0.05) is 37.1 Å². The van der Waals surface area contributed by atoms with E-state index < -0.39 is 17.4 Å². The Morgan fingerprint density at radius 2 is 1.80 bits per heavy atom. The number of fused-ring (bicyclic) bond motifs is 1. The van der Waals surface area contributed by atoms with Crippen molar-refractivity contribution in [2.75, 3.05) is 11.9 Å². The van der Waals surface area contributed by atoms with Crippen molar-refractivity contribution in [2.24, 2.45) is 0 Å². The second-order valence-electron chi connectivity index (χ2n) is 8.01. The molecule has 4 aromatic rings. The van der Waals surface area contributed by atoms with Crippen LogP contribution in [0, 0.1) is 0 Å². The molecule has 0 spiro atoms. The number of ether oxygens (including phenoxy) is 1. The first-order valence-electron chi connectivity index (χ1n) is 11.3. The summed E-state index contributed by atoms with van der Waals surface area (Å²) in [5.41, 5.74) is 1.70. The third-order valence-corrected chi connectivity index (χ3v) is 5.71. The number of unbranched alkanes of at least 4 members (excludes halogenated alkanes) is 1. The topological polar surface area (TPSA) is 90.3 Å². The van der Waals surface area contributed by atoms with Gasteiger partial charge in [0.05, 0.1) is 18.7 Å². The zero-order chi connectivity index (χ0) is 24.8. The smallest absolute Gasteiger partial charge is 0.338 e. The van der Waals surface area contributed by atoms with E-state index in [-0.39, 0.29) is 12.1 Å². The number of pyridine rings is 2. The number of carbonyl (C=O) groups excluding carboxylic acids is 2. The van der Waals surface area contributed by atoms with Gasteiger partial charge in [0.1, 0.15) is 11.2 Å². The van der Waals surface area contributed by atoms with Crippen molar-refractivity contribution in [2.45, 2.75) is 26.3 Å². The minimum atomic E-state index is -0.552. The van der Waals surface area contributed by atoms with E-state index in [0.717, 1.165) is 18.4 Å². The van der Waals surface area contributed by atoms with Gasteiger partial charge in [0, 0.05) is 22.3 Å². The van der Waals surface area contributed by atoms with E-state index in [1.54, 1.807) is 54.7 Å². The van der Waals surface area contributed by atoms with Crippen LogP contribution in [0.1, 0.15) is 46.0 Å². The van der Waals surface area contributed by atoms with Gasteiger partial charge in [-0.25, -0.2) is 9.78 Å². The first kappa shape index (κ1) is 24.2. The standard InChI is InChI=1S/C27H24ClN3O4/c1-2-3-15-35-27(34)19-8-12-22(13-9-19)30-25(32)23-16-20-5-4-14-29-24(20)31(26(23)33)17-18-6-10-21(28)11-7-18/h4-14,16H,2-3,15,17H2,1H3,(H,30,32). The van der Waals surface area contributed by atoms with Crippen molar-refractivity contribution in [1.29, 1.82) is 0 Å². The Hall–Kier alpha value is -3.97. The van der Waals surface area contributed by atoms with Crippen LogP contribution in [0.5, 0.6) is 0 Å². The van der Waals surface area contributed by atoms with Crippen molar-refractivity contribution in [3.05, 3.63) is 105 Å². The highest BCUT2D eigenvalue weighted by atomic mass is 35.5. The Labute approximate surface area is 207 Å². The Kier molecular flexibility index (Phi) is 7.57. The van der Waals surface area contributed by atoms with Gasteiger partial charge in [-0.2, -0.15) is 0 Å². The maximum atomic E-state index is 13.3. The van der Waals surface area contributed by atoms with Gasteiger partial charge >= 0.3 is 5.97 Å². The lowest BCUT2D eigenvalue weighted by Gasteiger charge is -2.13. The summed E-state index contributed by atoms with van der Waals surface area (Å²) in [6.07, 6.45) is 3.34. The van der Waals surface area contributed by atoms with E-state index in [2.05, 4.69) is 10.3 Å². The number of hydrogen-bond donors (Lipinski definition) is 1. The molecule has 2 heterocycles. The number of halogens is 1. The molecule has 0 fully saturated rings. The van der Waals surface area contributed by atoms with Gasteiger partial charge in [0.2, 0.25) is 0 Å². The van der Waals surface area contributed by atoms with Crippen LogP contribution in [0.15, 0.2) is 77.7 Å². The highest BCUT2D eigenvalue weighted by molar-refractivity contribution is 6.30. The summed E-state index contributed by atoms with van der Waals surface area (Å²) >= 11 is 5.98. The average molecular weight is 490 g/mol. The van der Waals surface area contributed by atoms with Crippen LogP contribution >= 0.6 is 11.6 Å². The first-order chi connectivity index (χ1) is 17.0. The van der Waals surface area contributed by atoms with Crippen LogP contribution in [0.2, 0.25) is 5.02 Å². The van der Waals surface area contributed by atoms with Gasteiger partial charge in [0.15, 0.2) is 0 Å². The van der Waals surface area contributed by atoms with Crippen molar-refractivity contribution in [1.82, 2.24) is 9.55 Å². The minimum Gasteiger partial charge on any atom is -0.462 e. The number of benzene rings is 2. The van der Waals surface area contributed by atoms with Gasteiger partial charge < -0.3 is 10.1 Å². The normalized spacial score (nSPS) is 10.8. The number of aromatic nitrogens is 2. The quantitative estimate of drug-likeness (QED) is 0.267. The van der Waals surface area contributed by atoms with E-state index >= 15 is 0 Å². The van der Waals surface area contributed by atoms with E-state index in [1.165, 1.54) is 10.6 Å². The molecule has 2 aromatic heterocycles. The maximum Gasteiger partial charge on any atom is 0.338 e. The number of rotatable bonds is 8. The van der Waals surface area contributed by atoms with Gasteiger partial charge in [0.25, 0.3) is 11.5 Å². The molecule has 0 saturated carbocycles. The molecule has 0 aliphatic carbocycles. The number of nitrogens with zero attached hydrogens (tertiary/aromatic N) is 2. The molecular formula is C27H24ClN3O4. The second kappa shape index (κ2) is 11.0. The van der Waals surface area contributed by atoms with Crippen LogP contribution < -0.4 is 10.9 Å². The Bertz CT molecular complexity index is 1410. The first-order valence-corrected chi connectivity index (χ1v) is 11.7. The number of esters is 1. The lowest BCUT2D eigenvalue weighted by atomic mass is 10.1.